The summed E-state index contributed by atoms with van der Waals surface area (Å²) in [6, 6.07) is -1.49. The van der Waals surface area contributed by atoms with Gasteiger partial charge in [-0.3, -0.25) is 18.6 Å². The van der Waals surface area contributed by atoms with Crippen molar-refractivity contribution in [3.63, 3.8) is 0 Å². The summed E-state index contributed by atoms with van der Waals surface area (Å²) in [4.78, 5) is 33.4. The van der Waals surface area contributed by atoms with Gasteiger partial charge in [-0.2, -0.15) is 0 Å². The van der Waals surface area contributed by atoms with Crippen molar-refractivity contribution in [3.8, 4) is 0 Å². The zero-order valence-corrected chi connectivity index (χ0v) is 33.3. The summed E-state index contributed by atoms with van der Waals surface area (Å²) >= 11 is 0. The van der Waals surface area contributed by atoms with E-state index in [0.29, 0.717) is 13.0 Å². The first kappa shape index (κ1) is 49.7. The Morgan fingerprint density at radius 1 is 0.635 bits per heavy atom. The number of allylic oxidation sites excluding steroid dienone is 10. The number of hydrogen-bond donors (Lipinski definition) is 3. The lowest BCUT2D eigenvalue weighted by Gasteiger charge is -2.20. The quantitative estimate of drug-likeness (QED) is 0.0242. The van der Waals surface area contributed by atoms with Crippen molar-refractivity contribution in [3.05, 3.63) is 60.8 Å². The number of aliphatic carboxylic acids is 1. The standard InChI is InChI=1S/C41H72NO9P/c1-3-5-7-9-11-13-15-17-18-19-20-22-24-26-28-30-32-34-48-35-38(36-49-52(46,47)50-37-39(42)41(44)45)51-40(43)33-31-29-27-25-23-21-16-14-12-10-8-6-4-2/h6,8,12,14,18-19,21,23,27,29,38-39H,3-5,7,9-11,13,15-17,20,22,24-26,28,30-37,42H2,1-2H3,(H,44,45)(H,46,47)/b8-6-,14-12-,19-18-,23-21-,29-27-. The van der Waals surface area contributed by atoms with Crippen LogP contribution in [0.4, 0.5) is 0 Å². The maximum Gasteiger partial charge on any atom is 0.472 e. The average Bonchev–Trinajstić information content (AvgIpc) is 3.12. The van der Waals surface area contributed by atoms with Gasteiger partial charge in [0.2, 0.25) is 0 Å². The molecule has 0 rings (SSSR count). The third-order valence-corrected chi connectivity index (χ3v) is 9.00. The maximum atomic E-state index is 12.5. The average molecular weight is 754 g/mol. The summed E-state index contributed by atoms with van der Waals surface area (Å²) in [6.07, 6.45) is 43.0. The van der Waals surface area contributed by atoms with E-state index in [4.69, 9.17) is 24.8 Å². The molecule has 3 unspecified atom stereocenters. The topological polar surface area (TPSA) is 155 Å². The number of carbonyl (C=O) groups excluding carboxylic acids is 1. The second-order valence-electron chi connectivity index (χ2n) is 13.0. The van der Waals surface area contributed by atoms with Gasteiger partial charge in [-0.25, -0.2) is 4.57 Å². The minimum atomic E-state index is -4.63. The first-order valence-electron chi connectivity index (χ1n) is 19.8. The highest BCUT2D eigenvalue weighted by molar-refractivity contribution is 7.47. The van der Waals surface area contributed by atoms with Gasteiger partial charge in [0, 0.05) is 13.0 Å². The molecular formula is C41H72NO9P. The molecule has 0 aliphatic heterocycles. The van der Waals surface area contributed by atoms with E-state index in [9.17, 15) is 19.0 Å². The predicted molar refractivity (Wildman–Crippen MR) is 212 cm³/mol. The summed E-state index contributed by atoms with van der Waals surface area (Å²) in [6.45, 7) is 3.63. The van der Waals surface area contributed by atoms with Gasteiger partial charge in [-0.15, -0.1) is 0 Å². The number of phosphoric ester groups is 1. The van der Waals surface area contributed by atoms with Crippen molar-refractivity contribution in [2.24, 2.45) is 5.73 Å². The third kappa shape index (κ3) is 36.0. The van der Waals surface area contributed by atoms with E-state index >= 15 is 0 Å². The smallest absolute Gasteiger partial charge is 0.472 e. The van der Waals surface area contributed by atoms with Crippen LogP contribution in [0.15, 0.2) is 60.8 Å². The molecule has 0 aromatic carbocycles. The largest absolute Gasteiger partial charge is 0.480 e. The van der Waals surface area contributed by atoms with Gasteiger partial charge in [0.1, 0.15) is 12.1 Å². The van der Waals surface area contributed by atoms with E-state index in [1.54, 1.807) is 0 Å². The zero-order valence-electron chi connectivity index (χ0n) is 32.4. The summed E-state index contributed by atoms with van der Waals surface area (Å²) in [5.41, 5.74) is 5.33. The van der Waals surface area contributed by atoms with Crippen LogP contribution in [0, 0.1) is 0 Å². The molecule has 4 N–H and O–H groups in total. The number of hydrogen-bond acceptors (Lipinski definition) is 8. The number of phosphoric acid groups is 1. The molecule has 0 radical (unpaired) electrons. The van der Waals surface area contributed by atoms with Crippen molar-refractivity contribution < 1.29 is 42.7 Å². The Labute approximate surface area is 315 Å². The van der Waals surface area contributed by atoms with Crippen molar-refractivity contribution in [1.29, 1.82) is 0 Å². The maximum absolute atomic E-state index is 12.5. The van der Waals surface area contributed by atoms with Crippen molar-refractivity contribution in [2.45, 2.75) is 161 Å². The molecule has 0 bridgehead atoms. The Kier molecular flexibility index (Phi) is 35.3. The van der Waals surface area contributed by atoms with E-state index in [-0.39, 0.29) is 13.0 Å². The molecule has 0 aromatic rings. The fourth-order valence-electron chi connectivity index (χ4n) is 4.96. The summed E-state index contributed by atoms with van der Waals surface area (Å²) in [5.74, 6) is -1.87. The number of esters is 1. The Bertz CT molecular complexity index is 1060. The molecule has 3 atom stereocenters. The molecule has 0 saturated carbocycles. The van der Waals surface area contributed by atoms with Crippen LogP contribution in [0.25, 0.3) is 0 Å². The molecule has 0 amide bonds. The van der Waals surface area contributed by atoms with Crippen LogP contribution in [-0.2, 0) is 32.7 Å². The summed E-state index contributed by atoms with van der Waals surface area (Å²) in [7, 11) is -4.63. The fraction of sp³-hybridized carbons (Fsp3) is 0.707. The Hall–Kier alpha value is -2.33. The molecule has 10 nitrogen and oxygen atoms in total. The third-order valence-electron chi connectivity index (χ3n) is 8.04. The minimum Gasteiger partial charge on any atom is -0.480 e. The highest BCUT2D eigenvalue weighted by Crippen LogP contribution is 2.43. The van der Waals surface area contributed by atoms with Gasteiger partial charge in [0.15, 0.2) is 0 Å². The van der Waals surface area contributed by atoms with Crippen molar-refractivity contribution >= 4 is 19.8 Å². The van der Waals surface area contributed by atoms with Crippen LogP contribution in [0.2, 0.25) is 0 Å². The van der Waals surface area contributed by atoms with Gasteiger partial charge in [-0.1, -0.05) is 139 Å². The normalized spacial score (nSPS) is 14.7. The molecule has 0 spiro atoms. The number of unbranched alkanes of at least 4 members (excludes halogenated alkanes) is 13. The highest BCUT2D eigenvalue weighted by atomic mass is 31.2. The van der Waals surface area contributed by atoms with Crippen LogP contribution in [0.1, 0.15) is 149 Å². The molecule has 11 heteroatoms. The van der Waals surface area contributed by atoms with Gasteiger partial charge in [0.25, 0.3) is 0 Å². The molecule has 300 valence electrons. The second kappa shape index (κ2) is 37.0. The number of carboxylic acid groups (broad SMARTS) is 1. The molecule has 0 fully saturated rings. The SMILES string of the molecule is CC/C=C\C/C=C\C/C=C\C/C=C\CCC(=O)OC(COCCCCCCCC/C=C\CCCCCCCCC)COP(=O)(O)OCC(N)C(=O)O. The highest BCUT2D eigenvalue weighted by Gasteiger charge is 2.27. The lowest BCUT2D eigenvalue weighted by molar-refractivity contribution is -0.154. The lowest BCUT2D eigenvalue weighted by Crippen LogP contribution is -2.34. The minimum absolute atomic E-state index is 0.0183. The van der Waals surface area contributed by atoms with E-state index in [2.05, 4.69) is 67.0 Å². The first-order valence-corrected chi connectivity index (χ1v) is 21.3. The number of rotatable bonds is 37. The molecular weight excluding hydrogens is 681 g/mol. The van der Waals surface area contributed by atoms with E-state index < -0.39 is 45.1 Å². The number of nitrogens with two attached hydrogens (primary N) is 1. The molecule has 0 aromatic heterocycles. The first-order chi connectivity index (χ1) is 25.2. The fourth-order valence-corrected chi connectivity index (χ4v) is 5.74. The van der Waals surface area contributed by atoms with E-state index in [1.165, 1.54) is 70.6 Å². The molecule has 0 saturated heterocycles. The van der Waals surface area contributed by atoms with Crippen LogP contribution in [0.5, 0.6) is 0 Å². The number of carbonyl (C=O) groups is 2. The molecule has 0 aliphatic rings. The Morgan fingerprint density at radius 3 is 1.67 bits per heavy atom. The van der Waals surface area contributed by atoms with E-state index in [1.807, 2.05) is 12.2 Å². The van der Waals surface area contributed by atoms with E-state index in [0.717, 1.165) is 51.4 Å². The van der Waals surface area contributed by atoms with Gasteiger partial charge >= 0.3 is 19.8 Å². The van der Waals surface area contributed by atoms with Crippen molar-refractivity contribution in [2.75, 3.05) is 26.4 Å². The Morgan fingerprint density at radius 2 is 1.12 bits per heavy atom. The summed E-state index contributed by atoms with van der Waals surface area (Å²) < 4.78 is 33.1. The van der Waals surface area contributed by atoms with Gasteiger partial charge in [0.05, 0.1) is 19.8 Å². The predicted octanol–water partition coefficient (Wildman–Crippen LogP) is 10.5. The zero-order chi connectivity index (χ0) is 38.4. The lowest BCUT2D eigenvalue weighted by atomic mass is 10.1. The molecule has 0 aliphatic carbocycles. The Balaban J connectivity index is 4.38. The van der Waals surface area contributed by atoms with Crippen LogP contribution in [-0.4, -0.2) is 60.5 Å². The van der Waals surface area contributed by atoms with Gasteiger partial charge < -0.3 is 25.2 Å². The van der Waals surface area contributed by atoms with Gasteiger partial charge in [-0.05, 0) is 64.2 Å². The number of carboxylic acids is 1. The van der Waals surface area contributed by atoms with Crippen LogP contribution >= 0.6 is 7.82 Å². The molecule has 0 heterocycles. The van der Waals surface area contributed by atoms with Crippen molar-refractivity contribution in [1.82, 2.24) is 0 Å². The van der Waals surface area contributed by atoms with Crippen LogP contribution in [0.3, 0.4) is 0 Å². The van der Waals surface area contributed by atoms with Crippen LogP contribution < -0.4 is 5.73 Å². The molecule has 52 heavy (non-hydrogen) atoms. The number of ether oxygens (including phenoxy) is 2. The second-order valence-corrected chi connectivity index (χ2v) is 14.5. The summed E-state index contributed by atoms with van der Waals surface area (Å²) in [5, 5.41) is 8.87. The monoisotopic (exact) mass is 753 g/mol.